The zero-order valence-electron chi connectivity index (χ0n) is 6.24. The van der Waals surface area contributed by atoms with E-state index >= 15 is 0 Å². The molecule has 0 bridgehead atoms. The minimum absolute atomic E-state index is 0.176. The molecule has 0 atom stereocenters. The van der Waals surface area contributed by atoms with Gasteiger partial charge < -0.3 is 0 Å². The number of alkyl halides is 2. The van der Waals surface area contributed by atoms with Crippen molar-refractivity contribution >= 4 is 11.6 Å². The van der Waals surface area contributed by atoms with Gasteiger partial charge in [0.1, 0.15) is 5.82 Å². The first kappa shape index (κ1) is 9.39. The molecular weight excluding hydrogens is 189 g/mol. The Bertz CT molecular complexity index is 297. The molecule has 0 unspecified atom stereocenters. The van der Waals surface area contributed by atoms with Crippen LogP contribution in [0, 0.1) is 12.7 Å². The molecule has 0 radical (unpaired) electrons. The summed E-state index contributed by atoms with van der Waals surface area (Å²) >= 11 is 5.38. The highest BCUT2D eigenvalue weighted by Gasteiger charge is 2.18. The zero-order valence-corrected chi connectivity index (χ0v) is 7.00. The Hall–Kier alpha value is -0.700. The lowest BCUT2D eigenvalue weighted by atomic mass is 10.1. The summed E-state index contributed by atoms with van der Waals surface area (Å²) in [5, 5.41) is -0.229. The third kappa shape index (κ3) is 1.55. The lowest BCUT2D eigenvalue weighted by Crippen LogP contribution is -1.94. The quantitative estimate of drug-likeness (QED) is 0.639. The van der Waals surface area contributed by atoms with Crippen molar-refractivity contribution in [2.75, 3.05) is 0 Å². The second-order valence-corrected chi connectivity index (χ2v) is 2.80. The molecule has 12 heavy (non-hydrogen) atoms. The molecule has 0 amide bonds. The van der Waals surface area contributed by atoms with Gasteiger partial charge in [-0.15, -0.1) is 0 Å². The minimum Gasteiger partial charge on any atom is -0.206 e. The molecule has 0 saturated carbocycles. The first-order valence-electron chi connectivity index (χ1n) is 3.26. The van der Waals surface area contributed by atoms with Crippen molar-refractivity contribution in [2.24, 2.45) is 0 Å². The molecule has 66 valence electrons. The van der Waals surface area contributed by atoms with Crippen molar-refractivity contribution in [3.63, 3.8) is 0 Å². The summed E-state index contributed by atoms with van der Waals surface area (Å²) in [5.41, 5.74) is -0.536. The molecule has 0 spiro atoms. The summed E-state index contributed by atoms with van der Waals surface area (Å²) < 4.78 is 37.2. The topological polar surface area (TPSA) is 0 Å². The monoisotopic (exact) mass is 194 g/mol. The normalized spacial score (nSPS) is 10.8. The first-order chi connectivity index (χ1) is 5.54. The van der Waals surface area contributed by atoms with Crippen molar-refractivity contribution in [3.8, 4) is 0 Å². The van der Waals surface area contributed by atoms with Crippen LogP contribution in [0.3, 0.4) is 0 Å². The molecule has 1 aromatic rings. The van der Waals surface area contributed by atoms with E-state index in [4.69, 9.17) is 11.6 Å². The van der Waals surface area contributed by atoms with E-state index in [0.29, 0.717) is 0 Å². The van der Waals surface area contributed by atoms with Crippen molar-refractivity contribution in [1.82, 2.24) is 0 Å². The van der Waals surface area contributed by atoms with E-state index in [1.54, 1.807) is 0 Å². The number of aryl methyl sites for hydroxylation is 1. The highest BCUT2D eigenvalue weighted by molar-refractivity contribution is 6.31. The molecule has 0 heterocycles. The second-order valence-electron chi connectivity index (χ2n) is 2.39. The van der Waals surface area contributed by atoms with Gasteiger partial charge in [0.25, 0.3) is 6.43 Å². The van der Waals surface area contributed by atoms with Gasteiger partial charge in [0.2, 0.25) is 0 Å². The van der Waals surface area contributed by atoms with E-state index in [0.717, 1.165) is 0 Å². The fourth-order valence-corrected chi connectivity index (χ4v) is 1.11. The summed E-state index contributed by atoms with van der Waals surface area (Å²) in [7, 11) is 0. The van der Waals surface area contributed by atoms with Crippen molar-refractivity contribution in [1.29, 1.82) is 0 Å². The first-order valence-corrected chi connectivity index (χ1v) is 3.64. The molecule has 0 aliphatic carbocycles. The highest BCUT2D eigenvalue weighted by atomic mass is 35.5. The van der Waals surface area contributed by atoms with Gasteiger partial charge in [0, 0.05) is 0 Å². The van der Waals surface area contributed by atoms with E-state index in [1.807, 2.05) is 0 Å². The van der Waals surface area contributed by atoms with Gasteiger partial charge in [-0.2, -0.15) is 0 Å². The molecule has 4 heteroatoms. The Kier molecular flexibility index (Phi) is 2.62. The maximum absolute atomic E-state index is 12.9. The number of rotatable bonds is 1. The molecule has 0 N–H and O–H groups in total. The van der Waals surface area contributed by atoms with Crippen LogP contribution in [0.15, 0.2) is 12.1 Å². The zero-order chi connectivity index (χ0) is 9.30. The standard InChI is InChI=1S/C8H6ClF3/c1-4-2-3-5(9)6(7(4)10)8(11)12/h2-3,8H,1H3. The summed E-state index contributed by atoms with van der Waals surface area (Å²) in [4.78, 5) is 0. The van der Waals surface area contributed by atoms with Crippen molar-refractivity contribution in [2.45, 2.75) is 13.3 Å². The lowest BCUT2D eigenvalue weighted by Gasteiger charge is -2.05. The van der Waals surface area contributed by atoms with Crippen LogP contribution in [0.5, 0.6) is 0 Å². The van der Waals surface area contributed by atoms with E-state index in [9.17, 15) is 13.2 Å². The maximum atomic E-state index is 12.9. The number of benzene rings is 1. The maximum Gasteiger partial charge on any atom is 0.268 e. The van der Waals surface area contributed by atoms with Gasteiger partial charge in [-0.25, -0.2) is 13.2 Å². The Morgan fingerprint density at radius 3 is 2.33 bits per heavy atom. The summed E-state index contributed by atoms with van der Waals surface area (Å²) in [5.74, 6) is -0.919. The van der Waals surface area contributed by atoms with Crippen molar-refractivity contribution < 1.29 is 13.2 Å². The SMILES string of the molecule is Cc1ccc(Cl)c(C(F)F)c1F. The second kappa shape index (κ2) is 3.35. The third-order valence-corrected chi connectivity index (χ3v) is 1.87. The van der Waals surface area contributed by atoms with Crippen LogP contribution in [-0.2, 0) is 0 Å². The molecule has 0 fully saturated rings. The van der Waals surface area contributed by atoms with Gasteiger partial charge in [0.15, 0.2) is 0 Å². The Morgan fingerprint density at radius 2 is 1.92 bits per heavy atom. The van der Waals surface area contributed by atoms with Gasteiger partial charge >= 0.3 is 0 Å². The highest BCUT2D eigenvalue weighted by Crippen LogP contribution is 2.30. The van der Waals surface area contributed by atoms with Crippen LogP contribution in [0.1, 0.15) is 17.6 Å². The average molecular weight is 195 g/mol. The molecule has 1 aromatic carbocycles. The average Bonchev–Trinajstić information content (AvgIpc) is 1.97. The predicted octanol–water partition coefficient (Wildman–Crippen LogP) is 3.73. The molecule has 0 aliphatic rings. The Morgan fingerprint density at radius 1 is 1.33 bits per heavy atom. The van der Waals surface area contributed by atoms with Gasteiger partial charge in [0.05, 0.1) is 10.6 Å². The number of hydrogen-bond donors (Lipinski definition) is 0. The number of hydrogen-bond acceptors (Lipinski definition) is 0. The van der Waals surface area contributed by atoms with Crippen LogP contribution in [0.2, 0.25) is 5.02 Å². The molecule has 0 saturated heterocycles. The smallest absolute Gasteiger partial charge is 0.206 e. The Labute approximate surface area is 73.0 Å². The Balaban J connectivity index is 3.33. The predicted molar refractivity (Wildman–Crippen MR) is 41.1 cm³/mol. The van der Waals surface area contributed by atoms with Crippen molar-refractivity contribution in [3.05, 3.63) is 34.1 Å². The third-order valence-electron chi connectivity index (χ3n) is 1.54. The number of halogens is 4. The van der Waals surface area contributed by atoms with Gasteiger partial charge in [-0.1, -0.05) is 17.7 Å². The van der Waals surface area contributed by atoms with Gasteiger partial charge in [-0.3, -0.25) is 0 Å². The molecule has 0 aliphatic heterocycles. The van der Waals surface area contributed by atoms with Crippen LogP contribution in [0.25, 0.3) is 0 Å². The molecular formula is C8H6ClF3. The minimum atomic E-state index is -2.86. The van der Waals surface area contributed by atoms with E-state index < -0.39 is 17.8 Å². The fraction of sp³-hybridized carbons (Fsp3) is 0.250. The molecule has 0 aromatic heterocycles. The largest absolute Gasteiger partial charge is 0.268 e. The van der Waals surface area contributed by atoms with E-state index in [1.165, 1.54) is 19.1 Å². The lowest BCUT2D eigenvalue weighted by molar-refractivity contribution is 0.146. The van der Waals surface area contributed by atoms with Crippen LogP contribution in [-0.4, -0.2) is 0 Å². The van der Waals surface area contributed by atoms with Crippen LogP contribution >= 0.6 is 11.6 Å². The fourth-order valence-electron chi connectivity index (χ4n) is 0.878. The molecule has 0 nitrogen and oxygen atoms in total. The van der Waals surface area contributed by atoms with Gasteiger partial charge in [-0.05, 0) is 18.6 Å². The molecule has 1 rings (SSSR count). The van der Waals surface area contributed by atoms with E-state index in [2.05, 4.69) is 0 Å². The van der Waals surface area contributed by atoms with E-state index in [-0.39, 0.29) is 10.6 Å². The summed E-state index contributed by atoms with van der Waals surface area (Å²) in [6.07, 6.45) is -2.86. The van der Waals surface area contributed by atoms with Crippen LogP contribution < -0.4 is 0 Å². The van der Waals surface area contributed by atoms with Crippen LogP contribution in [0.4, 0.5) is 13.2 Å². The summed E-state index contributed by atoms with van der Waals surface area (Å²) in [6.45, 7) is 1.41. The summed E-state index contributed by atoms with van der Waals surface area (Å²) in [6, 6.07) is 2.63.